The fourth-order valence-electron chi connectivity index (χ4n) is 2.54. The molecular formula is C16H19NS. The lowest BCUT2D eigenvalue weighted by atomic mass is 9.80. The Balaban J connectivity index is 1.67. The van der Waals surface area contributed by atoms with Crippen molar-refractivity contribution in [2.24, 2.45) is 5.73 Å². The standard InChI is InChI=1S/C16H19NS/c17-16(10-12-8-9-18-11-12)15-6-4-14(5-7-15)13-2-1-3-13/h4-9,11,13,16H,1-3,10,17H2. The van der Waals surface area contributed by atoms with Crippen LogP contribution in [0.5, 0.6) is 0 Å². The van der Waals surface area contributed by atoms with Crippen molar-refractivity contribution in [3.63, 3.8) is 0 Å². The summed E-state index contributed by atoms with van der Waals surface area (Å²) < 4.78 is 0. The lowest BCUT2D eigenvalue weighted by molar-refractivity contribution is 0.419. The molecule has 1 saturated carbocycles. The van der Waals surface area contributed by atoms with Gasteiger partial charge in [-0.25, -0.2) is 0 Å². The molecule has 0 bridgehead atoms. The summed E-state index contributed by atoms with van der Waals surface area (Å²) in [5.41, 5.74) is 10.4. The molecule has 1 aromatic heterocycles. The van der Waals surface area contributed by atoms with Crippen molar-refractivity contribution >= 4 is 11.3 Å². The van der Waals surface area contributed by atoms with Crippen LogP contribution in [-0.4, -0.2) is 0 Å². The van der Waals surface area contributed by atoms with Crippen LogP contribution in [0.2, 0.25) is 0 Å². The highest BCUT2D eigenvalue weighted by Gasteiger charge is 2.19. The first-order valence-electron chi connectivity index (χ1n) is 6.69. The summed E-state index contributed by atoms with van der Waals surface area (Å²) >= 11 is 1.74. The molecule has 1 aromatic carbocycles. The lowest BCUT2D eigenvalue weighted by Crippen LogP contribution is -2.13. The Morgan fingerprint density at radius 1 is 1.17 bits per heavy atom. The van der Waals surface area contributed by atoms with Crippen molar-refractivity contribution in [1.82, 2.24) is 0 Å². The highest BCUT2D eigenvalue weighted by Crippen LogP contribution is 2.36. The van der Waals surface area contributed by atoms with Crippen molar-refractivity contribution < 1.29 is 0 Å². The monoisotopic (exact) mass is 257 g/mol. The summed E-state index contributed by atoms with van der Waals surface area (Å²) in [5, 5.41) is 4.30. The summed E-state index contributed by atoms with van der Waals surface area (Å²) in [6.45, 7) is 0. The third-order valence-corrected chi connectivity index (χ3v) is 4.71. The third-order valence-electron chi connectivity index (χ3n) is 3.98. The minimum atomic E-state index is 0.120. The Morgan fingerprint density at radius 2 is 1.94 bits per heavy atom. The summed E-state index contributed by atoms with van der Waals surface area (Å²) in [7, 11) is 0. The van der Waals surface area contributed by atoms with E-state index in [4.69, 9.17) is 5.73 Å². The lowest BCUT2D eigenvalue weighted by Gasteiger charge is -2.26. The van der Waals surface area contributed by atoms with Gasteiger partial charge in [0.25, 0.3) is 0 Å². The molecule has 1 aliphatic rings. The maximum atomic E-state index is 6.26. The SMILES string of the molecule is NC(Cc1ccsc1)c1ccc(C2CCC2)cc1. The second-order valence-electron chi connectivity index (χ2n) is 5.24. The Bertz CT molecular complexity index is 482. The van der Waals surface area contributed by atoms with E-state index in [2.05, 4.69) is 41.1 Å². The average molecular weight is 257 g/mol. The van der Waals surface area contributed by atoms with E-state index < -0.39 is 0 Å². The smallest absolute Gasteiger partial charge is 0.0336 e. The molecule has 94 valence electrons. The predicted molar refractivity (Wildman–Crippen MR) is 78.0 cm³/mol. The van der Waals surface area contributed by atoms with Crippen LogP contribution in [0.1, 0.15) is 47.9 Å². The first-order chi connectivity index (χ1) is 8.83. The van der Waals surface area contributed by atoms with Crippen molar-refractivity contribution in [3.8, 4) is 0 Å². The van der Waals surface area contributed by atoms with Gasteiger partial charge in [0.1, 0.15) is 0 Å². The fraction of sp³-hybridized carbons (Fsp3) is 0.375. The molecule has 18 heavy (non-hydrogen) atoms. The van der Waals surface area contributed by atoms with Gasteiger partial charge >= 0.3 is 0 Å². The molecule has 1 fully saturated rings. The minimum Gasteiger partial charge on any atom is -0.324 e. The van der Waals surface area contributed by atoms with E-state index in [9.17, 15) is 0 Å². The summed E-state index contributed by atoms with van der Waals surface area (Å²) in [6, 6.07) is 11.2. The zero-order valence-electron chi connectivity index (χ0n) is 10.5. The van der Waals surface area contributed by atoms with E-state index in [0.29, 0.717) is 0 Å². The van der Waals surface area contributed by atoms with Crippen LogP contribution < -0.4 is 5.73 Å². The van der Waals surface area contributed by atoms with Crippen LogP contribution in [0.25, 0.3) is 0 Å². The van der Waals surface area contributed by atoms with Gasteiger partial charge in [0, 0.05) is 6.04 Å². The highest BCUT2D eigenvalue weighted by molar-refractivity contribution is 7.07. The van der Waals surface area contributed by atoms with Gasteiger partial charge in [-0.05, 0) is 58.7 Å². The summed E-state index contributed by atoms with van der Waals surface area (Å²) in [5.74, 6) is 0.812. The van der Waals surface area contributed by atoms with Gasteiger partial charge in [0.15, 0.2) is 0 Å². The second kappa shape index (κ2) is 5.25. The highest BCUT2D eigenvalue weighted by atomic mass is 32.1. The van der Waals surface area contributed by atoms with Gasteiger partial charge in [-0.15, -0.1) is 0 Å². The molecule has 0 radical (unpaired) electrons. The van der Waals surface area contributed by atoms with Gasteiger partial charge in [-0.2, -0.15) is 11.3 Å². The van der Waals surface area contributed by atoms with Crippen LogP contribution in [0, 0.1) is 0 Å². The third kappa shape index (κ3) is 2.50. The van der Waals surface area contributed by atoms with E-state index in [1.165, 1.54) is 36.0 Å². The zero-order valence-corrected chi connectivity index (χ0v) is 11.3. The van der Waals surface area contributed by atoms with Crippen molar-refractivity contribution in [2.45, 2.75) is 37.6 Å². The molecule has 2 N–H and O–H groups in total. The molecule has 0 spiro atoms. The molecule has 1 heterocycles. The maximum absolute atomic E-state index is 6.26. The number of rotatable bonds is 4. The zero-order chi connectivity index (χ0) is 12.4. The Labute approximate surface area is 113 Å². The number of benzene rings is 1. The predicted octanol–water partition coefficient (Wildman–Crippen LogP) is 4.26. The molecule has 3 rings (SSSR count). The first-order valence-corrected chi connectivity index (χ1v) is 7.64. The number of thiophene rings is 1. The second-order valence-corrected chi connectivity index (χ2v) is 6.02. The van der Waals surface area contributed by atoms with E-state index in [1.807, 2.05) is 0 Å². The molecule has 2 aromatic rings. The van der Waals surface area contributed by atoms with E-state index in [0.717, 1.165) is 12.3 Å². The normalized spacial score (nSPS) is 17.4. The molecule has 0 aliphatic heterocycles. The molecule has 1 aliphatic carbocycles. The molecule has 0 amide bonds. The molecule has 0 saturated heterocycles. The maximum Gasteiger partial charge on any atom is 0.0336 e. The van der Waals surface area contributed by atoms with Crippen molar-refractivity contribution in [3.05, 3.63) is 57.8 Å². The molecule has 1 unspecified atom stereocenters. The molecule has 1 atom stereocenters. The fourth-order valence-corrected chi connectivity index (χ4v) is 3.22. The van der Waals surface area contributed by atoms with Crippen LogP contribution in [0.3, 0.4) is 0 Å². The summed E-state index contributed by atoms with van der Waals surface area (Å²) in [6.07, 6.45) is 5.05. The quantitative estimate of drug-likeness (QED) is 0.870. The van der Waals surface area contributed by atoms with Crippen molar-refractivity contribution in [2.75, 3.05) is 0 Å². The summed E-state index contributed by atoms with van der Waals surface area (Å²) in [4.78, 5) is 0. The van der Waals surface area contributed by atoms with Gasteiger partial charge < -0.3 is 5.73 Å². The van der Waals surface area contributed by atoms with E-state index in [-0.39, 0.29) is 6.04 Å². The van der Waals surface area contributed by atoms with Gasteiger partial charge in [-0.3, -0.25) is 0 Å². The number of hydrogen-bond acceptors (Lipinski definition) is 2. The van der Waals surface area contributed by atoms with Crippen LogP contribution in [0.15, 0.2) is 41.1 Å². The minimum absolute atomic E-state index is 0.120. The van der Waals surface area contributed by atoms with Gasteiger partial charge in [0.05, 0.1) is 0 Å². The Hall–Kier alpha value is -1.12. The van der Waals surface area contributed by atoms with Crippen LogP contribution in [-0.2, 0) is 6.42 Å². The van der Waals surface area contributed by atoms with Gasteiger partial charge in [0.2, 0.25) is 0 Å². The van der Waals surface area contributed by atoms with E-state index in [1.54, 1.807) is 11.3 Å². The topological polar surface area (TPSA) is 26.0 Å². The largest absolute Gasteiger partial charge is 0.324 e. The van der Waals surface area contributed by atoms with Crippen LogP contribution >= 0.6 is 11.3 Å². The van der Waals surface area contributed by atoms with Crippen molar-refractivity contribution in [1.29, 1.82) is 0 Å². The van der Waals surface area contributed by atoms with E-state index >= 15 is 0 Å². The molecule has 2 heteroatoms. The average Bonchev–Trinajstić information content (AvgIpc) is 2.80. The Morgan fingerprint density at radius 3 is 2.50 bits per heavy atom. The number of hydrogen-bond donors (Lipinski definition) is 1. The molecular weight excluding hydrogens is 238 g/mol. The van der Waals surface area contributed by atoms with Crippen LogP contribution in [0.4, 0.5) is 0 Å². The molecule has 1 nitrogen and oxygen atoms in total. The number of nitrogens with two attached hydrogens (primary N) is 1. The first kappa shape index (κ1) is 11.9. The van der Waals surface area contributed by atoms with Gasteiger partial charge in [-0.1, -0.05) is 30.7 Å². The Kier molecular flexibility index (Phi) is 3.48.